The van der Waals surface area contributed by atoms with E-state index in [9.17, 15) is 0 Å². The van der Waals surface area contributed by atoms with E-state index in [2.05, 4.69) is 54.6 Å². The molecule has 0 unspecified atom stereocenters. The number of nitrogens with one attached hydrogen (secondary N) is 2. The van der Waals surface area contributed by atoms with Crippen molar-refractivity contribution in [2.75, 3.05) is 32.7 Å². The van der Waals surface area contributed by atoms with Gasteiger partial charge < -0.3 is 14.2 Å². The van der Waals surface area contributed by atoms with Crippen LogP contribution in [0.25, 0.3) is 17.4 Å². The minimum Gasteiger partial charge on any atom is -0.455 e. The number of quaternary nitrogens is 2. The second kappa shape index (κ2) is 9.24. The van der Waals surface area contributed by atoms with Crippen molar-refractivity contribution < 1.29 is 14.2 Å². The molecule has 0 radical (unpaired) electrons. The van der Waals surface area contributed by atoms with Gasteiger partial charge in [0, 0.05) is 10.6 Å². The van der Waals surface area contributed by atoms with Crippen LogP contribution in [0, 0.1) is 0 Å². The highest BCUT2D eigenvalue weighted by Gasteiger charge is 2.23. The Hall–Kier alpha value is -2.33. The number of hydrogen-bond donors (Lipinski definition) is 2. The molecule has 1 aliphatic heterocycles. The SMILES string of the molecule is Clc1ccc(-c2ccc(C[NH+]3CC[NH+](C/C=C/c4ccccc4)CC3)o2)cc1. The minimum absolute atomic E-state index is 0.749. The molecule has 3 nitrogen and oxygen atoms in total. The lowest BCUT2D eigenvalue weighted by Crippen LogP contribution is -3.27. The summed E-state index contributed by atoms with van der Waals surface area (Å²) < 4.78 is 6.07. The van der Waals surface area contributed by atoms with Gasteiger partial charge in [0.15, 0.2) is 5.76 Å². The summed E-state index contributed by atoms with van der Waals surface area (Å²) in [4.78, 5) is 3.27. The summed E-state index contributed by atoms with van der Waals surface area (Å²) in [5.41, 5.74) is 2.35. The van der Waals surface area contributed by atoms with Crippen LogP contribution in [0.2, 0.25) is 5.02 Å². The Morgan fingerprint density at radius 2 is 1.54 bits per heavy atom. The third-order valence-corrected chi connectivity index (χ3v) is 5.65. The molecule has 4 heteroatoms. The molecule has 0 amide bonds. The van der Waals surface area contributed by atoms with Crippen LogP contribution < -0.4 is 9.80 Å². The third-order valence-electron chi connectivity index (χ3n) is 5.40. The second-order valence-electron chi connectivity index (χ2n) is 7.47. The Morgan fingerprint density at radius 3 is 2.29 bits per heavy atom. The predicted molar refractivity (Wildman–Crippen MR) is 115 cm³/mol. The maximum Gasteiger partial charge on any atom is 0.158 e. The van der Waals surface area contributed by atoms with Crippen LogP contribution >= 0.6 is 11.6 Å². The molecular weight excluding hydrogens is 368 g/mol. The zero-order valence-corrected chi connectivity index (χ0v) is 16.8. The molecule has 0 bridgehead atoms. The molecule has 1 aromatic heterocycles. The monoisotopic (exact) mass is 394 g/mol. The largest absolute Gasteiger partial charge is 0.455 e. The second-order valence-corrected chi connectivity index (χ2v) is 7.90. The number of rotatable bonds is 6. The van der Waals surface area contributed by atoms with E-state index in [1.165, 1.54) is 31.7 Å². The first-order valence-corrected chi connectivity index (χ1v) is 10.4. The molecule has 1 aliphatic rings. The molecule has 1 saturated heterocycles. The van der Waals surface area contributed by atoms with E-state index in [0.717, 1.165) is 35.2 Å². The fourth-order valence-corrected chi connectivity index (χ4v) is 3.88. The Kier molecular flexibility index (Phi) is 6.27. The molecule has 0 saturated carbocycles. The Balaban J connectivity index is 1.24. The third kappa shape index (κ3) is 5.14. The molecule has 144 valence electrons. The first kappa shape index (κ1) is 19.0. The van der Waals surface area contributed by atoms with Gasteiger partial charge in [-0.1, -0.05) is 48.0 Å². The normalized spacial score (nSPS) is 19.9. The van der Waals surface area contributed by atoms with Crippen LogP contribution in [0.4, 0.5) is 0 Å². The summed E-state index contributed by atoms with van der Waals surface area (Å²) in [6.07, 6.45) is 4.54. The van der Waals surface area contributed by atoms with Gasteiger partial charge in [0.05, 0.1) is 6.54 Å². The van der Waals surface area contributed by atoms with Crippen molar-refractivity contribution in [2.45, 2.75) is 6.54 Å². The topological polar surface area (TPSA) is 22.0 Å². The Bertz CT molecular complexity index is 894. The highest BCUT2D eigenvalue weighted by molar-refractivity contribution is 6.30. The van der Waals surface area contributed by atoms with Crippen molar-refractivity contribution in [1.29, 1.82) is 0 Å². The molecule has 1 fully saturated rings. The number of benzene rings is 2. The summed E-state index contributed by atoms with van der Waals surface area (Å²) in [5, 5.41) is 0.749. The highest BCUT2D eigenvalue weighted by Crippen LogP contribution is 2.23. The Morgan fingerprint density at radius 1 is 0.821 bits per heavy atom. The summed E-state index contributed by atoms with van der Waals surface area (Å²) in [6, 6.07) is 22.5. The van der Waals surface area contributed by atoms with Crippen LogP contribution in [0.3, 0.4) is 0 Å². The van der Waals surface area contributed by atoms with E-state index in [1.807, 2.05) is 24.3 Å². The summed E-state index contributed by atoms with van der Waals surface area (Å²) in [7, 11) is 0. The molecule has 0 aliphatic carbocycles. The van der Waals surface area contributed by atoms with E-state index >= 15 is 0 Å². The number of furan rings is 1. The van der Waals surface area contributed by atoms with Gasteiger partial charge in [-0.2, -0.15) is 0 Å². The fraction of sp³-hybridized carbons (Fsp3) is 0.250. The molecule has 4 rings (SSSR count). The van der Waals surface area contributed by atoms with E-state index in [4.69, 9.17) is 16.0 Å². The summed E-state index contributed by atoms with van der Waals surface area (Å²) in [6.45, 7) is 6.85. The molecule has 2 N–H and O–H groups in total. The van der Waals surface area contributed by atoms with Crippen LogP contribution in [-0.4, -0.2) is 32.7 Å². The maximum atomic E-state index is 6.07. The zero-order chi connectivity index (χ0) is 19.2. The smallest absolute Gasteiger partial charge is 0.158 e. The molecule has 2 heterocycles. The van der Waals surface area contributed by atoms with Gasteiger partial charge in [0.25, 0.3) is 0 Å². The van der Waals surface area contributed by atoms with Crippen LogP contribution in [0.1, 0.15) is 11.3 Å². The van der Waals surface area contributed by atoms with Crippen molar-refractivity contribution in [3.63, 3.8) is 0 Å². The van der Waals surface area contributed by atoms with Gasteiger partial charge in [0.2, 0.25) is 0 Å². The number of piperazine rings is 1. The van der Waals surface area contributed by atoms with Gasteiger partial charge in [-0.25, -0.2) is 0 Å². The average Bonchev–Trinajstić information content (AvgIpc) is 3.19. The van der Waals surface area contributed by atoms with Crippen molar-refractivity contribution in [2.24, 2.45) is 0 Å². The first-order chi connectivity index (χ1) is 13.8. The van der Waals surface area contributed by atoms with Gasteiger partial charge in [-0.3, -0.25) is 0 Å². The lowest BCUT2D eigenvalue weighted by Gasteiger charge is -2.28. The lowest BCUT2D eigenvalue weighted by atomic mass is 10.2. The molecular formula is C24H27ClN2O+2. The van der Waals surface area contributed by atoms with E-state index in [-0.39, 0.29) is 0 Å². The minimum atomic E-state index is 0.749. The van der Waals surface area contributed by atoms with E-state index in [0.29, 0.717) is 0 Å². The quantitative estimate of drug-likeness (QED) is 0.659. The van der Waals surface area contributed by atoms with E-state index in [1.54, 1.807) is 9.80 Å². The van der Waals surface area contributed by atoms with E-state index < -0.39 is 0 Å². The van der Waals surface area contributed by atoms with Crippen molar-refractivity contribution in [1.82, 2.24) is 0 Å². The molecule has 28 heavy (non-hydrogen) atoms. The molecule has 0 spiro atoms. The van der Waals surface area contributed by atoms with Crippen molar-refractivity contribution >= 4 is 17.7 Å². The molecule has 2 aromatic carbocycles. The summed E-state index contributed by atoms with van der Waals surface area (Å²) in [5.74, 6) is 1.98. The first-order valence-electron chi connectivity index (χ1n) is 10.00. The predicted octanol–water partition coefficient (Wildman–Crippen LogP) is 2.60. The van der Waals surface area contributed by atoms with Gasteiger partial charge in [0.1, 0.15) is 38.5 Å². The number of hydrogen-bond acceptors (Lipinski definition) is 1. The average molecular weight is 395 g/mol. The fourth-order valence-electron chi connectivity index (χ4n) is 3.75. The van der Waals surface area contributed by atoms with Crippen molar-refractivity contribution in [3.8, 4) is 11.3 Å². The molecule has 3 aromatic rings. The summed E-state index contributed by atoms with van der Waals surface area (Å²) >= 11 is 5.97. The highest BCUT2D eigenvalue weighted by atomic mass is 35.5. The standard InChI is InChI=1S/C24H25ClN2O/c25-22-10-8-21(9-11-22)24-13-12-23(28-24)19-27-17-15-26(16-18-27)14-4-7-20-5-2-1-3-6-20/h1-13H,14-19H2/p+2/b7-4+. The van der Waals surface area contributed by atoms with Crippen LogP contribution in [-0.2, 0) is 6.54 Å². The van der Waals surface area contributed by atoms with Crippen LogP contribution in [0.15, 0.2) is 77.2 Å². The Labute approximate surface area is 171 Å². The number of halogens is 1. The lowest BCUT2D eigenvalue weighted by molar-refractivity contribution is -1.02. The van der Waals surface area contributed by atoms with Gasteiger partial charge in [-0.05, 0) is 48.0 Å². The van der Waals surface area contributed by atoms with Crippen LogP contribution in [0.5, 0.6) is 0 Å². The van der Waals surface area contributed by atoms with Gasteiger partial charge in [-0.15, -0.1) is 0 Å². The maximum absolute atomic E-state index is 6.07. The van der Waals surface area contributed by atoms with Crippen molar-refractivity contribution in [3.05, 3.63) is 89.2 Å². The molecule has 0 atom stereocenters. The zero-order valence-electron chi connectivity index (χ0n) is 16.0. The van der Waals surface area contributed by atoms with Gasteiger partial charge >= 0.3 is 0 Å².